The Morgan fingerprint density at radius 1 is 1.62 bits per heavy atom. The Hall–Kier alpha value is -2.83. The number of aromatic nitrogens is 3. The first-order chi connectivity index (χ1) is 12.4. The molecule has 0 spiro atoms. The molecule has 2 aromatic heterocycles. The van der Waals surface area contributed by atoms with Crippen molar-refractivity contribution >= 4 is 23.0 Å². The van der Waals surface area contributed by atoms with Crippen LogP contribution in [0.1, 0.15) is 31.8 Å². The van der Waals surface area contributed by atoms with E-state index in [1.165, 1.54) is 0 Å². The highest BCUT2D eigenvalue weighted by atomic mass is 16.7. The molecule has 1 aliphatic heterocycles. The maximum absolute atomic E-state index is 9.41. The van der Waals surface area contributed by atoms with Gasteiger partial charge in [-0.05, 0) is 32.8 Å². The van der Waals surface area contributed by atoms with Gasteiger partial charge in [0.2, 0.25) is 0 Å². The number of nitrogen functional groups attached to an aromatic ring is 1. The lowest BCUT2D eigenvalue weighted by atomic mass is 10.0. The van der Waals surface area contributed by atoms with E-state index in [1.54, 1.807) is 13.8 Å². The summed E-state index contributed by atoms with van der Waals surface area (Å²) in [7, 11) is 0. The Morgan fingerprint density at radius 2 is 2.35 bits per heavy atom. The number of carbonyl (C=O) groups is 1. The molecule has 0 aliphatic carbocycles. The molecule has 140 valence electrons. The lowest BCUT2D eigenvalue weighted by Gasteiger charge is -2.21. The van der Waals surface area contributed by atoms with E-state index in [2.05, 4.69) is 20.6 Å². The van der Waals surface area contributed by atoms with Gasteiger partial charge in [0, 0.05) is 6.20 Å². The summed E-state index contributed by atoms with van der Waals surface area (Å²) in [6.45, 7) is 3.46. The number of anilines is 1. The van der Waals surface area contributed by atoms with Crippen LogP contribution in [0.4, 0.5) is 10.6 Å². The van der Waals surface area contributed by atoms with Crippen LogP contribution in [0.15, 0.2) is 12.3 Å². The summed E-state index contributed by atoms with van der Waals surface area (Å²) in [6, 6.07) is 1.86. The maximum Gasteiger partial charge on any atom is 0.505 e. The van der Waals surface area contributed by atoms with Crippen molar-refractivity contribution in [2.24, 2.45) is 0 Å². The van der Waals surface area contributed by atoms with Gasteiger partial charge in [0.15, 0.2) is 5.60 Å². The molecule has 0 unspecified atom stereocenters. The Bertz CT molecular complexity index is 828. The van der Waals surface area contributed by atoms with Gasteiger partial charge in [0.1, 0.15) is 23.5 Å². The van der Waals surface area contributed by atoms with Crippen molar-refractivity contribution < 1.29 is 24.5 Å². The standard InChI is InChI=1S/C14H16N4O2.C3H6O3/c1-3-14(8-19)6-4-11(20-14)18-7-5-10-12(15)16-9(2)17-13(10)18;1-2-6-3(4)5/h1,5,7,11,19H,4,6,8H2,2H3,(H2,15,16,17);2H2,1H3,(H,4,5)/t11-,14+;/m1./s1. The smallest absolute Gasteiger partial charge is 0.450 e. The van der Waals surface area contributed by atoms with Gasteiger partial charge in [-0.15, -0.1) is 6.42 Å². The average Bonchev–Trinajstić information content (AvgIpc) is 3.19. The Kier molecular flexibility index (Phi) is 6.02. The van der Waals surface area contributed by atoms with E-state index in [0.29, 0.717) is 18.1 Å². The third-order valence-corrected chi connectivity index (χ3v) is 3.97. The van der Waals surface area contributed by atoms with Crippen molar-refractivity contribution in [2.45, 2.75) is 38.5 Å². The highest BCUT2D eigenvalue weighted by Crippen LogP contribution is 2.37. The number of rotatable bonds is 3. The van der Waals surface area contributed by atoms with Crippen LogP contribution in [-0.2, 0) is 9.47 Å². The monoisotopic (exact) mass is 362 g/mol. The van der Waals surface area contributed by atoms with Gasteiger partial charge < -0.3 is 30.0 Å². The van der Waals surface area contributed by atoms with Crippen LogP contribution < -0.4 is 5.73 Å². The molecule has 3 heterocycles. The third-order valence-electron chi connectivity index (χ3n) is 3.97. The molecule has 2 atom stereocenters. The van der Waals surface area contributed by atoms with E-state index < -0.39 is 11.8 Å². The first kappa shape index (κ1) is 19.5. The molecule has 0 radical (unpaired) electrons. The van der Waals surface area contributed by atoms with Crippen LogP contribution in [0.25, 0.3) is 11.0 Å². The van der Waals surface area contributed by atoms with E-state index >= 15 is 0 Å². The van der Waals surface area contributed by atoms with E-state index in [4.69, 9.17) is 22.0 Å². The minimum Gasteiger partial charge on any atom is -0.450 e. The molecular weight excluding hydrogens is 340 g/mol. The van der Waals surface area contributed by atoms with Crippen LogP contribution in [0.3, 0.4) is 0 Å². The molecule has 1 saturated heterocycles. The summed E-state index contributed by atoms with van der Waals surface area (Å²) in [5, 5.41) is 17.9. The van der Waals surface area contributed by atoms with Gasteiger partial charge in [-0.25, -0.2) is 14.8 Å². The van der Waals surface area contributed by atoms with Crippen molar-refractivity contribution in [3.05, 3.63) is 18.1 Å². The van der Waals surface area contributed by atoms with Gasteiger partial charge in [0.05, 0.1) is 18.6 Å². The number of nitrogens with two attached hydrogens (primary N) is 1. The Morgan fingerprint density at radius 3 is 2.85 bits per heavy atom. The molecule has 9 heteroatoms. The van der Waals surface area contributed by atoms with Crippen molar-refractivity contribution in [1.29, 1.82) is 0 Å². The molecule has 0 amide bonds. The number of nitrogens with zero attached hydrogens (tertiary/aromatic N) is 3. The maximum atomic E-state index is 9.41. The highest BCUT2D eigenvalue weighted by molar-refractivity contribution is 5.86. The quantitative estimate of drug-likeness (QED) is 0.555. The molecular formula is C17H22N4O5. The lowest BCUT2D eigenvalue weighted by Crippen LogP contribution is -2.31. The molecule has 3 rings (SSSR count). The zero-order chi connectivity index (χ0) is 19.3. The van der Waals surface area contributed by atoms with Crippen molar-refractivity contribution in [3.8, 4) is 12.3 Å². The molecule has 26 heavy (non-hydrogen) atoms. The second-order valence-corrected chi connectivity index (χ2v) is 5.72. The minimum atomic E-state index is -1.21. The molecule has 1 fully saturated rings. The zero-order valence-electron chi connectivity index (χ0n) is 14.7. The second-order valence-electron chi connectivity index (χ2n) is 5.72. The molecule has 9 nitrogen and oxygen atoms in total. The minimum absolute atomic E-state index is 0.185. The van der Waals surface area contributed by atoms with Crippen LogP contribution >= 0.6 is 0 Å². The van der Waals surface area contributed by atoms with Crippen molar-refractivity contribution in [1.82, 2.24) is 14.5 Å². The van der Waals surface area contributed by atoms with Gasteiger partial charge in [-0.2, -0.15) is 0 Å². The summed E-state index contributed by atoms with van der Waals surface area (Å²) in [6.07, 6.45) is 7.21. The van der Waals surface area contributed by atoms with E-state index in [-0.39, 0.29) is 19.4 Å². The van der Waals surface area contributed by atoms with E-state index in [9.17, 15) is 9.90 Å². The molecule has 2 aromatic rings. The Balaban J connectivity index is 0.000000352. The average molecular weight is 362 g/mol. The molecule has 0 saturated carbocycles. The number of aliphatic hydroxyl groups excluding tert-OH is 1. The van der Waals surface area contributed by atoms with Gasteiger partial charge in [-0.3, -0.25) is 0 Å². The fourth-order valence-corrected chi connectivity index (χ4v) is 2.72. The van der Waals surface area contributed by atoms with Crippen LogP contribution in [0.2, 0.25) is 0 Å². The summed E-state index contributed by atoms with van der Waals surface area (Å²) in [5.41, 5.74) is 5.73. The summed E-state index contributed by atoms with van der Waals surface area (Å²) in [4.78, 5) is 17.9. The summed E-state index contributed by atoms with van der Waals surface area (Å²) >= 11 is 0. The number of carboxylic acid groups (broad SMARTS) is 1. The van der Waals surface area contributed by atoms with E-state index in [0.717, 1.165) is 17.5 Å². The van der Waals surface area contributed by atoms with Gasteiger partial charge in [-0.1, -0.05) is 5.92 Å². The number of terminal acetylenes is 1. The normalized spacial score (nSPS) is 21.7. The lowest BCUT2D eigenvalue weighted by molar-refractivity contribution is -0.0615. The fraction of sp³-hybridized carbons (Fsp3) is 0.471. The Labute approximate surface area is 150 Å². The van der Waals surface area contributed by atoms with Gasteiger partial charge >= 0.3 is 6.16 Å². The largest absolute Gasteiger partial charge is 0.505 e. The second kappa shape index (κ2) is 8.03. The number of fused-ring (bicyclic) bond motifs is 1. The number of ether oxygens (including phenoxy) is 2. The summed E-state index contributed by atoms with van der Waals surface area (Å²) < 4.78 is 11.7. The third kappa shape index (κ3) is 4.04. The molecule has 0 bridgehead atoms. The molecule has 0 aromatic carbocycles. The van der Waals surface area contributed by atoms with Crippen molar-refractivity contribution in [3.63, 3.8) is 0 Å². The van der Waals surface area contributed by atoms with Gasteiger partial charge in [0.25, 0.3) is 0 Å². The number of hydrogen-bond acceptors (Lipinski definition) is 7. The SMILES string of the molecule is C#C[C@@]1(CO)CC[C@H](n2ccc3c(N)nc(C)nc32)O1.CCOC(=O)O. The first-order valence-electron chi connectivity index (χ1n) is 8.08. The zero-order valence-corrected chi connectivity index (χ0v) is 14.7. The molecule has 1 aliphatic rings. The van der Waals surface area contributed by atoms with Crippen LogP contribution in [-0.4, -0.2) is 49.7 Å². The number of hydrogen-bond donors (Lipinski definition) is 3. The highest BCUT2D eigenvalue weighted by Gasteiger charge is 2.39. The number of aliphatic hydroxyl groups is 1. The summed E-state index contributed by atoms with van der Waals surface area (Å²) in [5.74, 6) is 3.61. The first-order valence-corrected chi connectivity index (χ1v) is 8.08. The van der Waals surface area contributed by atoms with Crippen LogP contribution in [0.5, 0.6) is 0 Å². The van der Waals surface area contributed by atoms with E-state index in [1.807, 2.05) is 16.8 Å². The predicted molar refractivity (Wildman–Crippen MR) is 94.3 cm³/mol. The molecule has 4 N–H and O–H groups in total. The predicted octanol–water partition coefficient (Wildman–Crippen LogP) is 1.70. The topological polar surface area (TPSA) is 133 Å². The fourth-order valence-electron chi connectivity index (χ4n) is 2.72. The van der Waals surface area contributed by atoms with Crippen molar-refractivity contribution in [2.75, 3.05) is 18.9 Å². The number of aryl methyl sites for hydroxylation is 1. The van der Waals surface area contributed by atoms with Crippen LogP contribution in [0, 0.1) is 19.3 Å².